The van der Waals surface area contributed by atoms with Gasteiger partial charge in [-0.25, -0.2) is 8.42 Å². The zero-order valence-electron chi connectivity index (χ0n) is 17.8. The maximum absolute atomic E-state index is 13.2. The summed E-state index contributed by atoms with van der Waals surface area (Å²) in [7, 11) is -3.68. The number of aromatic nitrogens is 1. The smallest absolute Gasteiger partial charge is 0.262 e. The lowest BCUT2D eigenvalue weighted by Crippen LogP contribution is -2.15. The quantitative estimate of drug-likeness (QED) is 0.328. The Hall–Kier alpha value is -2.40. The van der Waals surface area contributed by atoms with E-state index in [1.165, 1.54) is 38.5 Å². The van der Waals surface area contributed by atoms with Gasteiger partial charge in [-0.3, -0.25) is 9.71 Å². The van der Waals surface area contributed by atoms with Crippen molar-refractivity contribution in [1.82, 2.24) is 4.98 Å². The summed E-state index contributed by atoms with van der Waals surface area (Å²) in [6, 6.07) is 16.6. The Labute approximate surface area is 180 Å². The third kappa shape index (κ3) is 6.05. The van der Waals surface area contributed by atoms with Gasteiger partial charge in [0.05, 0.1) is 16.1 Å². The molecule has 0 atom stereocenters. The van der Waals surface area contributed by atoms with E-state index in [9.17, 15) is 8.42 Å². The number of aryl methyl sites for hydroxylation is 1. The summed E-state index contributed by atoms with van der Waals surface area (Å²) in [4.78, 5) is 4.71. The van der Waals surface area contributed by atoms with E-state index in [-0.39, 0.29) is 0 Å². The lowest BCUT2D eigenvalue weighted by atomic mass is 10.0. The molecular weight excluding hydrogens is 392 g/mol. The summed E-state index contributed by atoms with van der Waals surface area (Å²) in [5.41, 5.74) is 2.04. The second kappa shape index (κ2) is 11.1. The van der Waals surface area contributed by atoms with E-state index in [2.05, 4.69) is 16.6 Å². The number of unbranched alkanes of at least 4 members (excludes halogenated alkanes) is 7. The average molecular weight is 425 g/mol. The maximum Gasteiger partial charge on any atom is 0.262 e. The fourth-order valence-corrected chi connectivity index (χ4v) is 5.15. The number of benzene rings is 2. The van der Waals surface area contributed by atoms with Gasteiger partial charge in [-0.05, 0) is 36.6 Å². The van der Waals surface area contributed by atoms with E-state index in [1.807, 2.05) is 36.4 Å². The van der Waals surface area contributed by atoms with E-state index in [0.717, 1.165) is 30.2 Å². The van der Waals surface area contributed by atoms with Crippen LogP contribution in [-0.4, -0.2) is 13.4 Å². The molecule has 0 radical (unpaired) electrons. The SMILES string of the molecule is CCCCCCCCCCc1ccccc1S(=O)(=O)Nc1cccc2cccnc12. The van der Waals surface area contributed by atoms with Crippen molar-refractivity contribution >= 4 is 26.6 Å². The first-order valence-corrected chi connectivity index (χ1v) is 12.5. The number of pyridine rings is 1. The van der Waals surface area contributed by atoms with Crippen LogP contribution in [0.1, 0.15) is 63.9 Å². The highest BCUT2D eigenvalue weighted by Gasteiger charge is 2.19. The Morgan fingerprint density at radius 3 is 2.30 bits per heavy atom. The summed E-state index contributed by atoms with van der Waals surface area (Å²) in [6.45, 7) is 2.23. The van der Waals surface area contributed by atoms with Crippen LogP contribution in [0.25, 0.3) is 10.9 Å². The molecule has 0 fully saturated rings. The predicted molar refractivity (Wildman–Crippen MR) is 125 cm³/mol. The topological polar surface area (TPSA) is 59.1 Å². The molecule has 0 unspecified atom stereocenters. The molecule has 0 saturated carbocycles. The lowest BCUT2D eigenvalue weighted by molar-refractivity contribution is 0.573. The van der Waals surface area contributed by atoms with Crippen LogP contribution in [-0.2, 0) is 16.4 Å². The van der Waals surface area contributed by atoms with Crippen LogP contribution in [0.4, 0.5) is 5.69 Å². The maximum atomic E-state index is 13.2. The molecule has 1 aromatic heterocycles. The van der Waals surface area contributed by atoms with E-state index in [1.54, 1.807) is 24.4 Å². The Kier molecular flexibility index (Phi) is 8.26. The minimum atomic E-state index is -3.68. The van der Waals surface area contributed by atoms with Crippen LogP contribution in [0.5, 0.6) is 0 Å². The van der Waals surface area contributed by atoms with Gasteiger partial charge in [-0.1, -0.05) is 88.3 Å². The number of sulfonamides is 1. The normalized spacial score (nSPS) is 11.6. The van der Waals surface area contributed by atoms with Crippen molar-refractivity contribution in [3.63, 3.8) is 0 Å². The molecule has 30 heavy (non-hydrogen) atoms. The number of hydrogen-bond donors (Lipinski definition) is 1. The number of anilines is 1. The van der Waals surface area contributed by atoms with Gasteiger partial charge in [0.2, 0.25) is 0 Å². The fourth-order valence-electron chi connectivity index (χ4n) is 3.81. The molecule has 3 aromatic rings. The van der Waals surface area contributed by atoms with Crippen LogP contribution in [0.3, 0.4) is 0 Å². The Bertz CT molecular complexity index is 1040. The molecule has 0 spiro atoms. The third-order valence-corrected chi connectivity index (χ3v) is 6.90. The predicted octanol–water partition coefficient (Wildman–Crippen LogP) is 6.72. The van der Waals surface area contributed by atoms with Crippen molar-refractivity contribution in [2.24, 2.45) is 0 Å². The van der Waals surface area contributed by atoms with Crippen molar-refractivity contribution in [2.45, 2.75) is 69.6 Å². The van der Waals surface area contributed by atoms with Crippen LogP contribution < -0.4 is 4.72 Å². The number of para-hydroxylation sites is 1. The summed E-state index contributed by atoms with van der Waals surface area (Å²) in [6.07, 6.45) is 12.3. The summed E-state index contributed by atoms with van der Waals surface area (Å²) in [5, 5.41) is 0.907. The second-order valence-electron chi connectivity index (χ2n) is 7.82. The molecule has 0 saturated heterocycles. The minimum Gasteiger partial charge on any atom is -0.277 e. The Morgan fingerprint density at radius 1 is 0.800 bits per heavy atom. The summed E-state index contributed by atoms with van der Waals surface area (Å²) in [5.74, 6) is 0. The van der Waals surface area contributed by atoms with Crippen molar-refractivity contribution < 1.29 is 8.42 Å². The van der Waals surface area contributed by atoms with Gasteiger partial charge < -0.3 is 0 Å². The van der Waals surface area contributed by atoms with Gasteiger partial charge in [0.1, 0.15) is 0 Å². The zero-order valence-corrected chi connectivity index (χ0v) is 18.6. The summed E-state index contributed by atoms with van der Waals surface area (Å²) >= 11 is 0. The molecule has 0 aliphatic rings. The van der Waals surface area contributed by atoms with Crippen molar-refractivity contribution in [1.29, 1.82) is 0 Å². The highest BCUT2D eigenvalue weighted by atomic mass is 32.2. The molecule has 5 heteroatoms. The van der Waals surface area contributed by atoms with Gasteiger partial charge in [-0.15, -0.1) is 0 Å². The first-order valence-electron chi connectivity index (χ1n) is 11.1. The van der Waals surface area contributed by atoms with Crippen LogP contribution >= 0.6 is 0 Å². The Balaban J connectivity index is 1.65. The first kappa shape index (κ1) is 22.3. The van der Waals surface area contributed by atoms with Crippen LogP contribution in [0.2, 0.25) is 0 Å². The van der Waals surface area contributed by atoms with Crippen molar-refractivity contribution in [3.05, 3.63) is 66.4 Å². The average Bonchev–Trinajstić information content (AvgIpc) is 2.76. The van der Waals surface area contributed by atoms with E-state index >= 15 is 0 Å². The van der Waals surface area contributed by atoms with Gasteiger partial charge in [0.15, 0.2) is 0 Å². The number of hydrogen-bond acceptors (Lipinski definition) is 3. The van der Waals surface area contributed by atoms with E-state index in [0.29, 0.717) is 16.1 Å². The molecule has 0 aliphatic heterocycles. The number of rotatable bonds is 12. The molecule has 0 amide bonds. The lowest BCUT2D eigenvalue weighted by Gasteiger charge is -2.13. The fraction of sp³-hybridized carbons (Fsp3) is 0.400. The highest BCUT2D eigenvalue weighted by Crippen LogP contribution is 2.26. The van der Waals surface area contributed by atoms with Crippen molar-refractivity contribution in [3.8, 4) is 0 Å². The Morgan fingerprint density at radius 2 is 1.50 bits per heavy atom. The number of fused-ring (bicyclic) bond motifs is 1. The first-order chi connectivity index (χ1) is 14.6. The molecule has 0 aliphatic carbocycles. The van der Waals surface area contributed by atoms with Gasteiger partial charge in [0.25, 0.3) is 10.0 Å². The standard InChI is InChI=1S/C25H32N2O2S/c1-2-3-4-5-6-7-8-9-14-21-15-10-11-19-24(21)30(28,29)27-23-18-12-16-22-17-13-20-26-25(22)23/h10-13,15-20,27H,2-9,14H2,1H3. The number of nitrogens with zero attached hydrogens (tertiary/aromatic N) is 1. The largest absolute Gasteiger partial charge is 0.277 e. The number of nitrogens with one attached hydrogen (secondary N) is 1. The van der Waals surface area contributed by atoms with Gasteiger partial charge >= 0.3 is 0 Å². The zero-order chi connectivity index (χ0) is 21.2. The molecule has 160 valence electrons. The molecule has 1 heterocycles. The molecule has 2 aromatic carbocycles. The molecule has 0 bridgehead atoms. The van der Waals surface area contributed by atoms with E-state index < -0.39 is 10.0 Å². The van der Waals surface area contributed by atoms with Gasteiger partial charge in [-0.2, -0.15) is 0 Å². The van der Waals surface area contributed by atoms with E-state index in [4.69, 9.17) is 0 Å². The molecule has 1 N–H and O–H groups in total. The van der Waals surface area contributed by atoms with Crippen molar-refractivity contribution in [2.75, 3.05) is 4.72 Å². The molecule has 3 rings (SSSR count). The monoisotopic (exact) mass is 424 g/mol. The molecular formula is C25H32N2O2S. The van der Waals surface area contributed by atoms with Crippen LogP contribution in [0, 0.1) is 0 Å². The highest BCUT2D eigenvalue weighted by molar-refractivity contribution is 7.92. The third-order valence-electron chi connectivity index (χ3n) is 5.44. The van der Waals surface area contributed by atoms with Gasteiger partial charge in [0, 0.05) is 11.6 Å². The second-order valence-corrected chi connectivity index (χ2v) is 9.47. The van der Waals surface area contributed by atoms with Crippen LogP contribution in [0.15, 0.2) is 65.7 Å². The summed E-state index contributed by atoms with van der Waals surface area (Å²) < 4.78 is 29.1. The molecule has 4 nitrogen and oxygen atoms in total. The minimum absolute atomic E-state index is 0.362.